The van der Waals surface area contributed by atoms with Crippen molar-refractivity contribution in [2.24, 2.45) is 5.92 Å². The number of rotatable bonds is 11. The van der Waals surface area contributed by atoms with E-state index >= 15 is 0 Å². The molecule has 2 rings (SSSR count). The molecule has 32 heavy (non-hydrogen) atoms. The molecule has 1 amide bonds. The summed E-state index contributed by atoms with van der Waals surface area (Å²) in [4.78, 5) is 17.1. The molecule has 2 aromatic carbocycles. The van der Waals surface area contributed by atoms with E-state index in [-0.39, 0.29) is 29.9 Å². The second-order valence-electron chi connectivity index (χ2n) is 7.95. The predicted molar refractivity (Wildman–Crippen MR) is 131 cm³/mol. The van der Waals surface area contributed by atoms with E-state index in [0.29, 0.717) is 22.7 Å². The maximum Gasteiger partial charge on any atom is 0.308 e. The van der Waals surface area contributed by atoms with Gasteiger partial charge in [-0.1, -0.05) is 43.6 Å². The monoisotopic (exact) mass is 480 g/mol. The van der Waals surface area contributed by atoms with Crippen LogP contribution in [0, 0.1) is 5.92 Å². The number of halogens is 1. The van der Waals surface area contributed by atoms with E-state index in [1.807, 2.05) is 39.8 Å². The zero-order valence-corrected chi connectivity index (χ0v) is 21.0. The molecule has 6 nitrogen and oxygen atoms in total. The molecule has 0 saturated heterocycles. The fourth-order valence-corrected chi connectivity index (χ4v) is 4.17. The summed E-state index contributed by atoms with van der Waals surface area (Å²) in [5.41, 5.74) is 1.91. The molecule has 0 aliphatic heterocycles. The van der Waals surface area contributed by atoms with Gasteiger partial charge in [0.05, 0.1) is 16.3 Å². The molecule has 0 fully saturated rings. The largest absolute Gasteiger partial charge is 0.382 e. The number of carbonyl (C=O) groups is 1. The van der Waals surface area contributed by atoms with E-state index in [9.17, 15) is 13.2 Å². The highest BCUT2D eigenvalue weighted by Crippen LogP contribution is 2.29. The number of anilines is 1. The van der Waals surface area contributed by atoms with Gasteiger partial charge < -0.3 is 14.0 Å². The first kappa shape index (κ1) is 26.0. The molecular formula is C24H33ClN2O4S. The van der Waals surface area contributed by atoms with E-state index in [4.69, 9.17) is 15.8 Å². The quantitative estimate of drug-likeness (QED) is 0.413. The van der Waals surface area contributed by atoms with Gasteiger partial charge in [-0.2, -0.15) is 8.42 Å². The molecule has 0 aliphatic carbocycles. The minimum atomic E-state index is -3.73. The lowest BCUT2D eigenvalue weighted by Crippen LogP contribution is -2.34. The highest BCUT2D eigenvalue weighted by molar-refractivity contribution is 7.87. The lowest BCUT2D eigenvalue weighted by atomic mass is 10.1. The van der Waals surface area contributed by atoms with Crippen LogP contribution in [0.15, 0.2) is 42.5 Å². The number of amides is 1. The number of benzene rings is 2. The van der Waals surface area contributed by atoms with Crippen LogP contribution in [0.5, 0.6) is 5.75 Å². The smallest absolute Gasteiger partial charge is 0.308 e. The second kappa shape index (κ2) is 11.6. The standard InChI is InChI=1S/C24H33ClN2O4S/c1-6-26(7-2)20-14-13-19(23(15-20)31-32(29,30)8-3)17-27(16-18(4)5)24(28)21-11-9-10-12-22(21)25/h9-15,18H,6-8,16-17H2,1-5H3. The molecule has 0 aliphatic rings. The molecule has 0 aromatic heterocycles. The molecule has 176 valence electrons. The van der Waals surface area contributed by atoms with Crippen LogP contribution in [0.3, 0.4) is 0 Å². The Morgan fingerprint density at radius 2 is 1.72 bits per heavy atom. The minimum absolute atomic E-state index is 0.143. The number of hydrogen-bond acceptors (Lipinski definition) is 5. The number of carbonyl (C=O) groups excluding carboxylic acids is 1. The first-order valence-corrected chi connectivity index (χ1v) is 12.9. The number of hydrogen-bond donors (Lipinski definition) is 0. The fourth-order valence-electron chi connectivity index (χ4n) is 3.40. The van der Waals surface area contributed by atoms with Crippen molar-refractivity contribution < 1.29 is 17.4 Å². The van der Waals surface area contributed by atoms with Gasteiger partial charge in [0.15, 0.2) is 0 Å². The summed E-state index contributed by atoms with van der Waals surface area (Å²) in [6.07, 6.45) is 0. The van der Waals surface area contributed by atoms with Crippen molar-refractivity contribution in [2.45, 2.75) is 41.2 Å². The molecule has 0 radical (unpaired) electrons. The van der Waals surface area contributed by atoms with E-state index < -0.39 is 10.1 Å². The number of nitrogens with zero attached hydrogens (tertiary/aromatic N) is 2. The van der Waals surface area contributed by atoms with Crippen molar-refractivity contribution >= 4 is 33.3 Å². The molecular weight excluding hydrogens is 448 g/mol. The van der Waals surface area contributed by atoms with Crippen LogP contribution in [0.25, 0.3) is 0 Å². The van der Waals surface area contributed by atoms with Crippen LogP contribution in [-0.2, 0) is 16.7 Å². The van der Waals surface area contributed by atoms with Crippen LogP contribution in [0.1, 0.15) is 50.5 Å². The molecule has 0 spiro atoms. The summed E-state index contributed by atoms with van der Waals surface area (Å²) >= 11 is 6.27. The maximum absolute atomic E-state index is 13.3. The van der Waals surface area contributed by atoms with Gasteiger partial charge in [-0.3, -0.25) is 4.79 Å². The molecule has 2 aromatic rings. The van der Waals surface area contributed by atoms with Gasteiger partial charge in [-0.25, -0.2) is 0 Å². The van der Waals surface area contributed by atoms with Crippen LogP contribution >= 0.6 is 11.6 Å². The van der Waals surface area contributed by atoms with Crippen molar-refractivity contribution in [2.75, 3.05) is 30.3 Å². The van der Waals surface area contributed by atoms with Crippen LogP contribution in [-0.4, -0.2) is 44.6 Å². The SMILES string of the molecule is CCN(CC)c1ccc(CN(CC(C)C)C(=O)c2ccccc2Cl)c(OS(=O)(=O)CC)c1. The van der Waals surface area contributed by atoms with Gasteiger partial charge >= 0.3 is 10.1 Å². The third kappa shape index (κ3) is 6.87. The Morgan fingerprint density at radius 3 is 2.28 bits per heavy atom. The van der Waals surface area contributed by atoms with Crippen molar-refractivity contribution in [3.8, 4) is 5.75 Å². The van der Waals surface area contributed by atoms with Crippen LogP contribution in [0.4, 0.5) is 5.69 Å². The highest BCUT2D eigenvalue weighted by atomic mass is 35.5. The van der Waals surface area contributed by atoms with E-state index in [1.54, 1.807) is 35.2 Å². The molecule has 0 heterocycles. The minimum Gasteiger partial charge on any atom is -0.382 e. The van der Waals surface area contributed by atoms with Crippen molar-refractivity contribution in [3.63, 3.8) is 0 Å². The molecule has 0 bridgehead atoms. The van der Waals surface area contributed by atoms with Gasteiger partial charge in [-0.05, 0) is 44.9 Å². The Kier molecular flexibility index (Phi) is 9.40. The fraction of sp³-hybridized carbons (Fsp3) is 0.458. The summed E-state index contributed by atoms with van der Waals surface area (Å²) in [6, 6.07) is 12.4. The van der Waals surface area contributed by atoms with Gasteiger partial charge in [0.2, 0.25) is 0 Å². The Balaban J connectivity index is 2.49. The summed E-state index contributed by atoms with van der Waals surface area (Å²) in [5.74, 6) is 0.106. The van der Waals surface area contributed by atoms with Crippen LogP contribution in [0.2, 0.25) is 5.02 Å². The topological polar surface area (TPSA) is 66.9 Å². The molecule has 0 saturated carbocycles. The van der Waals surface area contributed by atoms with Crippen LogP contribution < -0.4 is 9.08 Å². The van der Waals surface area contributed by atoms with E-state index in [0.717, 1.165) is 18.8 Å². The summed E-state index contributed by atoms with van der Waals surface area (Å²) in [6.45, 7) is 11.9. The first-order chi connectivity index (χ1) is 15.1. The normalized spacial score (nSPS) is 11.5. The average Bonchev–Trinajstić information content (AvgIpc) is 2.75. The Hall–Kier alpha value is -2.25. The Morgan fingerprint density at radius 1 is 1.06 bits per heavy atom. The average molecular weight is 481 g/mol. The molecule has 0 unspecified atom stereocenters. The zero-order chi connectivity index (χ0) is 23.9. The van der Waals surface area contributed by atoms with Gasteiger partial charge in [0.1, 0.15) is 5.75 Å². The molecule has 8 heteroatoms. The lowest BCUT2D eigenvalue weighted by molar-refractivity contribution is 0.0722. The van der Waals surface area contributed by atoms with Crippen molar-refractivity contribution in [1.82, 2.24) is 4.90 Å². The highest BCUT2D eigenvalue weighted by Gasteiger charge is 2.23. The summed E-state index contributed by atoms with van der Waals surface area (Å²) < 4.78 is 30.0. The van der Waals surface area contributed by atoms with E-state index in [2.05, 4.69) is 4.90 Å². The first-order valence-electron chi connectivity index (χ1n) is 11.0. The Labute approximate surface area is 197 Å². The molecule has 0 atom stereocenters. The second-order valence-corrected chi connectivity index (χ2v) is 10.2. The predicted octanol–water partition coefficient (Wildman–Crippen LogP) is 5.21. The Bertz CT molecular complexity index is 1020. The van der Waals surface area contributed by atoms with E-state index in [1.165, 1.54) is 6.92 Å². The summed E-state index contributed by atoms with van der Waals surface area (Å²) in [5, 5.41) is 0.383. The zero-order valence-electron chi connectivity index (χ0n) is 19.5. The molecule has 0 N–H and O–H groups in total. The third-order valence-electron chi connectivity index (χ3n) is 5.09. The van der Waals surface area contributed by atoms with Gasteiger partial charge in [0, 0.05) is 43.5 Å². The van der Waals surface area contributed by atoms with Gasteiger partial charge in [-0.15, -0.1) is 0 Å². The van der Waals surface area contributed by atoms with Crippen molar-refractivity contribution in [3.05, 3.63) is 58.6 Å². The summed E-state index contributed by atoms with van der Waals surface area (Å²) in [7, 11) is -3.73. The lowest BCUT2D eigenvalue weighted by Gasteiger charge is -2.27. The van der Waals surface area contributed by atoms with Crippen molar-refractivity contribution in [1.29, 1.82) is 0 Å². The maximum atomic E-state index is 13.3. The van der Waals surface area contributed by atoms with Gasteiger partial charge in [0.25, 0.3) is 5.91 Å². The third-order valence-corrected chi connectivity index (χ3v) is 6.56.